The number of amides is 1. The second-order valence-corrected chi connectivity index (χ2v) is 7.07. The third kappa shape index (κ3) is 5.41. The van der Waals surface area contributed by atoms with E-state index in [4.69, 9.17) is 4.74 Å². The van der Waals surface area contributed by atoms with Crippen LogP contribution in [0.2, 0.25) is 0 Å². The third-order valence-electron chi connectivity index (χ3n) is 4.76. The van der Waals surface area contributed by atoms with Crippen LogP contribution in [0.1, 0.15) is 39.9 Å². The molecular weight excluding hydrogens is 338 g/mol. The van der Waals surface area contributed by atoms with Crippen molar-refractivity contribution < 1.29 is 9.53 Å². The lowest BCUT2D eigenvalue weighted by Gasteiger charge is -2.14. The van der Waals surface area contributed by atoms with Crippen molar-refractivity contribution in [2.75, 3.05) is 18.5 Å². The van der Waals surface area contributed by atoms with Gasteiger partial charge in [0.05, 0.1) is 12.6 Å². The van der Waals surface area contributed by atoms with Gasteiger partial charge >= 0.3 is 0 Å². The molecule has 27 heavy (non-hydrogen) atoms. The van der Waals surface area contributed by atoms with Gasteiger partial charge in [-0.05, 0) is 69.0 Å². The van der Waals surface area contributed by atoms with Crippen molar-refractivity contribution in [1.82, 2.24) is 5.32 Å². The van der Waals surface area contributed by atoms with Crippen molar-refractivity contribution in [3.8, 4) is 0 Å². The fourth-order valence-corrected chi connectivity index (χ4v) is 3.01. The van der Waals surface area contributed by atoms with Crippen LogP contribution >= 0.6 is 0 Å². The van der Waals surface area contributed by atoms with Crippen molar-refractivity contribution >= 4 is 17.6 Å². The number of carbonyl (C=O) groups is 1. The van der Waals surface area contributed by atoms with Gasteiger partial charge in [0, 0.05) is 17.9 Å². The van der Waals surface area contributed by atoms with Gasteiger partial charge in [-0.15, -0.1) is 0 Å². The van der Waals surface area contributed by atoms with E-state index in [1.807, 2.05) is 31.2 Å². The number of carbonyl (C=O) groups excluding carboxylic acids is 1. The van der Waals surface area contributed by atoms with Gasteiger partial charge in [0.1, 0.15) is 0 Å². The number of hydrogen-bond donors (Lipinski definition) is 2. The Hall–Kier alpha value is -2.66. The summed E-state index contributed by atoms with van der Waals surface area (Å²) in [5, 5.41) is 6.16. The van der Waals surface area contributed by atoms with E-state index in [9.17, 15) is 4.79 Å². The maximum absolute atomic E-state index is 12.7. The monoisotopic (exact) mass is 365 g/mol. The van der Waals surface area contributed by atoms with Crippen LogP contribution in [-0.4, -0.2) is 31.1 Å². The van der Waals surface area contributed by atoms with E-state index in [1.54, 1.807) is 6.07 Å². The molecule has 1 aliphatic heterocycles. The molecule has 1 saturated heterocycles. The van der Waals surface area contributed by atoms with Crippen molar-refractivity contribution in [2.45, 2.75) is 39.7 Å². The summed E-state index contributed by atoms with van der Waals surface area (Å²) < 4.78 is 5.65. The van der Waals surface area contributed by atoms with Gasteiger partial charge in [-0.3, -0.25) is 10.1 Å². The van der Waals surface area contributed by atoms with E-state index in [-0.39, 0.29) is 12.0 Å². The molecule has 1 fully saturated rings. The van der Waals surface area contributed by atoms with Crippen LogP contribution in [-0.2, 0) is 4.74 Å². The normalized spacial score (nSPS) is 17.0. The van der Waals surface area contributed by atoms with E-state index in [0.717, 1.165) is 30.7 Å². The topological polar surface area (TPSA) is 62.7 Å². The lowest BCUT2D eigenvalue weighted by molar-refractivity contribution is 0.0975. The minimum Gasteiger partial charge on any atom is -0.376 e. The number of aliphatic imine (C=N–C) groups is 1. The predicted octanol–water partition coefficient (Wildman–Crippen LogP) is 3.99. The van der Waals surface area contributed by atoms with Crippen LogP contribution in [0.3, 0.4) is 0 Å². The average molecular weight is 365 g/mol. The molecule has 1 amide bonds. The molecule has 0 spiro atoms. The number of benzene rings is 2. The average Bonchev–Trinajstić information content (AvgIpc) is 3.16. The zero-order valence-corrected chi connectivity index (χ0v) is 16.2. The van der Waals surface area contributed by atoms with Crippen molar-refractivity contribution in [2.24, 2.45) is 4.99 Å². The first-order valence-corrected chi connectivity index (χ1v) is 9.39. The van der Waals surface area contributed by atoms with E-state index in [1.165, 1.54) is 11.1 Å². The third-order valence-corrected chi connectivity index (χ3v) is 4.76. The molecule has 1 unspecified atom stereocenters. The zero-order chi connectivity index (χ0) is 19.2. The molecule has 0 saturated carbocycles. The summed E-state index contributed by atoms with van der Waals surface area (Å²) in [6.45, 7) is 7.42. The first kappa shape index (κ1) is 19.1. The quantitative estimate of drug-likeness (QED) is 0.636. The Balaban J connectivity index is 1.76. The molecule has 0 aliphatic carbocycles. The summed E-state index contributed by atoms with van der Waals surface area (Å²) >= 11 is 0. The molecule has 5 heteroatoms. The second-order valence-electron chi connectivity index (χ2n) is 7.07. The van der Waals surface area contributed by atoms with Crippen LogP contribution in [0, 0.1) is 20.8 Å². The maximum atomic E-state index is 12.7. The molecule has 142 valence electrons. The maximum Gasteiger partial charge on any atom is 0.257 e. The predicted molar refractivity (Wildman–Crippen MR) is 109 cm³/mol. The van der Waals surface area contributed by atoms with E-state index < -0.39 is 0 Å². The fraction of sp³-hybridized carbons (Fsp3) is 0.364. The second kappa shape index (κ2) is 8.82. The van der Waals surface area contributed by atoms with E-state index >= 15 is 0 Å². The molecule has 3 rings (SSSR count). The lowest BCUT2D eigenvalue weighted by atomic mass is 10.1. The summed E-state index contributed by atoms with van der Waals surface area (Å²) in [7, 11) is 0. The highest BCUT2D eigenvalue weighted by Crippen LogP contribution is 2.15. The number of aryl methyl sites for hydroxylation is 3. The van der Waals surface area contributed by atoms with Crippen LogP contribution in [0.4, 0.5) is 5.69 Å². The van der Waals surface area contributed by atoms with Crippen LogP contribution in [0.5, 0.6) is 0 Å². The summed E-state index contributed by atoms with van der Waals surface area (Å²) in [4.78, 5) is 17.2. The molecule has 1 heterocycles. The summed E-state index contributed by atoms with van der Waals surface area (Å²) in [6, 6.07) is 13.6. The smallest absolute Gasteiger partial charge is 0.257 e. The van der Waals surface area contributed by atoms with Gasteiger partial charge < -0.3 is 10.1 Å². The Morgan fingerprint density at radius 2 is 2.00 bits per heavy atom. The van der Waals surface area contributed by atoms with Crippen molar-refractivity contribution in [3.63, 3.8) is 0 Å². The van der Waals surface area contributed by atoms with Gasteiger partial charge in [-0.2, -0.15) is 0 Å². The van der Waals surface area contributed by atoms with Gasteiger partial charge in [0.2, 0.25) is 5.96 Å². The Bertz CT molecular complexity index is 839. The molecule has 2 aromatic carbocycles. The first-order chi connectivity index (χ1) is 13.0. The number of anilines is 1. The Morgan fingerprint density at radius 1 is 1.15 bits per heavy atom. The molecule has 0 radical (unpaired) electrons. The fourth-order valence-electron chi connectivity index (χ4n) is 3.01. The Morgan fingerprint density at radius 3 is 2.70 bits per heavy atom. The number of nitrogens with zero attached hydrogens (tertiary/aromatic N) is 1. The Kier molecular flexibility index (Phi) is 6.24. The van der Waals surface area contributed by atoms with Crippen molar-refractivity contribution in [3.05, 3.63) is 64.7 Å². The molecule has 5 nitrogen and oxygen atoms in total. The first-order valence-electron chi connectivity index (χ1n) is 9.39. The number of guanidine groups is 1. The van der Waals surface area contributed by atoms with Crippen molar-refractivity contribution in [1.29, 1.82) is 0 Å². The number of hydrogen-bond acceptors (Lipinski definition) is 3. The molecule has 1 atom stereocenters. The van der Waals surface area contributed by atoms with Crippen LogP contribution in [0.25, 0.3) is 0 Å². The highest BCUT2D eigenvalue weighted by Gasteiger charge is 2.16. The summed E-state index contributed by atoms with van der Waals surface area (Å²) in [5.74, 6) is 0.265. The molecule has 2 N–H and O–H groups in total. The van der Waals surface area contributed by atoms with Crippen LogP contribution < -0.4 is 10.6 Å². The molecule has 0 bridgehead atoms. The van der Waals surface area contributed by atoms with Gasteiger partial charge in [-0.1, -0.05) is 23.8 Å². The summed E-state index contributed by atoms with van der Waals surface area (Å²) in [5.41, 5.74) is 4.96. The largest absolute Gasteiger partial charge is 0.376 e. The van der Waals surface area contributed by atoms with Gasteiger partial charge in [-0.25, -0.2) is 4.99 Å². The summed E-state index contributed by atoms with van der Waals surface area (Å²) in [6.07, 6.45) is 2.19. The minimum absolute atomic E-state index is 0.123. The zero-order valence-electron chi connectivity index (χ0n) is 16.2. The number of nitrogens with one attached hydrogen (secondary N) is 2. The molecular formula is C22H27N3O2. The molecule has 0 aromatic heterocycles. The lowest BCUT2D eigenvalue weighted by Crippen LogP contribution is -2.36. The standard InChI is InChI=1S/C22H27N3O2/c1-15-6-4-7-18(12-15)21(26)25-22(23-14-20-8-5-11-27-20)24-19-10-9-16(2)17(3)13-19/h4,6-7,9-10,12-13,20H,5,8,11,14H2,1-3H3,(H2,23,24,25,26). The van der Waals surface area contributed by atoms with E-state index in [0.29, 0.717) is 18.1 Å². The number of rotatable bonds is 4. The van der Waals surface area contributed by atoms with Gasteiger partial charge in [0.25, 0.3) is 5.91 Å². The SMILES string of the molecule is Cc1cccc(C(=O)NC(=NCC2CCCO2)Nc2ccc(C)c(C)c2)c1. The number of ether oxygens (including phenoxy) is 1. The molecule has 2 aromatic rings. The highest BCUT2D eigenvalue weighted by molar-refractivity contribution is 6.10. The molecule has 1 aliphatic rings. The van der Waals surface area contributed by atoms with E-state index in [2.05, 4.69) is 41.6 Å². The van der Waals surface area contributed by atoms with Crippen LogP contribution in [0.15, 0.2) is 47.5 Å². The highest BCUT2D eigenvalue weighted by atomic mass is 16.5. The van der Waals surface area contributed by atoms with Gasteiger partial charge in [0.15, 0.2) is 0 Å². The Labute approximate surface area is 160 Å². The minimum atomic E-state index is -0.180.